The van der Waals surface area contributed by atoms with E-state index in [0.717, 1.165) is 38.4 Å². The Morgan fingerprint density at radius 2 is 0.892 bits per heavy atom. The number of alkyl halides is 3. The van der Waals surface area contributed by atoms with Crippen molar-refractivity contribution in [3.8, 4) is 6.57 Å². The Hall–Kier alpha value is -8.07. The molecule has 0 saturated carbocycles. The van der Waals surface area contributed by atoms with Gasteiger partial charge in [0.15, 0.2) is 41.6 Å². The van der Waals surface area contributed by atoms with Crippen LogP contribution in [0.15, 0.2) is 74.0 Å². The van der Waals surface area contributed by atoms with Gasteiger partial charge in [-0.2, -0.15) is 0 Å². The molecule has 44 heteroatoms. The number of aromatic nitrogens is 4. The number of hydrogen-bond donors (Lipinski definition) is 5. The quantitative estimate of drug-likeness (QED) is 0.00810. The standard InChI is InChI=1S/C32H42FN2O17P.C25H37ClFN2O16P.CHN.H3N/c1-7-22(24(37)21-11-9-8-10-12-21)25(38)51-26-31(6,42)27(35-14-13-23(36)34-28(35)39)52-32(26,15-33)16-46-53(43,47-17-44-29(40)49-19(2)3)48-18-45-30(41)50-20(4)5;1-7-16(26)18(31)44-19-24(6,35)20(29-9-8-17(30)28-21(29)32)45-25(19,10-27)11-39-46(36,40-12-37-22(33)42-14(2)3)41-13-38-23(34)43-15(4)5;1-2;/h8-14,19-20,22,26-27,42H,7,15-18H2,1-6H3,(H,34,36,39);8-9,14-16,19-20,35H,7,10-13H2,1-6H3,(H,28,30,32);1H;1H3/t22?,26-,27+,31+,32+;16?,19-,20+,24+,25+;;/m00../s1. The highest BCUT2D eigenvalue weighted by molar-refractivity contribution is 7.48. The number of H-pyrrole nitrogens is 2. The topological polar surface area (TPSA) is 529 Å². The maximum atomic E-state index is 15.4. The molecule has 2 unspecified atom stereocenters. The number of phosphoric acid groups is 2. The normalized spacial score (nSPS) is 22.1. The predicted octanol–water partition coefficient (Wildman–Crippen LogP) is 6.49. The number of nitrogens with one attached hydrogen (secondary N) is 2. The summed E-state index contributed by atoms with van der Waals surface area (Å²) in [7, 11) is -10.1. The van der Waals surface area contributed by atoms with Crippen molar-refractivity contribution in [1.29, 1.82) is 5.26 Å². The Morgan fingerprint density at radius 1 is 0.569 bits per heavy atom. The van der Waals surface area contributed by atoms with Crippen LogP contribution in [0.2, 0.25) is 0 Å². The molecule has 2 saturated heterocycles. The van der Waals surface area contributed by atoms with Crippen molar-refractivity contribution in [1.82, 2.24) is 25.3 Å². The molecule has 0 amide bonds. The number of Topliss-reactive ketones (excluding diaryl/α,β-unsaturated/α-hetero) is 1. The molecule has 1 aromatic carbocycles. The van der Waals surface area contributed by atoms with Crippen LogP contribution in [-0.4, -0.2) is 190 Å². The van der Waals surface area contributed by atoms with Crippen molar-refractivity contribution >= 4 is 69.6 Å². The number of carbonyl (C=O) groups is 7. The van der Waals surface area contributed by atoms with Crippen molar-refractivity contribution in [3.63, 3.8) is 0 Å². The second-order valence-corrected chi connectivity index (χ2v) is 26.6. The first-order valence-electron chi connectivity index (χ1n) is 30.1. The molecule has 2 aliphatic rings. The fourth-order valence-electron chi connectivity index (χ4n) is 8.86. The first-order chi connectivity index (χ1) is 47.3. The summed E-state index contributed by atoms with van der Waals surface area (Å²) in [6.07, 6.45) is -13.5. The van der Waals surface area contributed by atoms with Crippen LogP contribution in [0.5, 0.6) is 0 Å². The Kier molecular flexibility index (Phi) is 35.9. The van der Waals surface area contributed by atoms with Crippen LogP contribution in [0.4, 0.5) is 28.0 Å². The van der Waals surface area contributed by atoms with Crippen molar-refractivity contribution in [2.45, 2.75) is 173 Å². The maximum absolute atomic E-state index is 15.4. The Morgan fingerprint density at radius 3 is 1.18 bits per heavy atom. The molecule has 0 aliphatic carbocycles. The average Bonchev–Trinajstić information content (AvgIpc) is 1.58. The minimum absolute atomic E-state index is 0. The fraction of sp³-hybridized carbons (Fsp3) is 0.621. The van der Waals surface area contributed by atoms with E-state index < -0.39 is 217 Å². The molecule has 5 rings (SSSR count). The maximum Gasteiger partial charge on any atom is 0.510 e. The van der Waals surface area contributed by atoms with Gasteiger partial charge in [-0.15, -0.1) is 11.6 Å². The van der Waals surface area contributed by atoms with Crippen molar-refractivity contribution < 1.29 is 146 Å². The third-order valence-electron chi connectivity index (χ3n) is 13.3. The van der Waals surface area contributed by atoms with E-state index in [0.29, 0.717) is 9.13 Å². The van der Waals surface area contributed by atoms with E-state index in [-0.39, 0.29) is 24.6 Å². The minimum atomic E-state index is -5.10. The third kappa shape index (κ3) is 25.7. The number of aromatic amines is 2. The van der Waals surface area contributed by atoms with Crippen LogP contribution in [-0.2, 0) is 103 Å². The van der Waals surface area contributed by atoms with E-state index in [4.69, 9.17) is 91.4 Å². The van der Waals surface area contributed by atoms with E-state index in [1.165, 1.54) is 74.4 Å². The molecule has 102 heavy (non-hydrogen) atoms. The van der Waals surface area contributed by atoms with Crippen molar-refractivity contribution in [3.05, 3.63) is 102 Å². The number of phosphoric ester groups is 2. The van der Waals surface area contributed by atoms with Crippen LogP contribution >= 0.6 is 27.2 Å². The van der Waals surface area contributed by atoms with Crippen molar-refractivity contribution in [2.24, 2.45) is 5.92 Å². The Balaban J connectivity index is 0.000000677. The number of rotatable bonds is 34. The van der Waals surface area contributed by atoms with Crippen LogP contribution in [0.25, 0.3) is 0 Å². The molecule has 0 radical (unpaired) electrons. The highest BCUT2D eigenvalue weighted by atomic mass is 35.5. The number of benzene rings is 1. The van der Waals surface area contributed by atoms with Gasteiger partial charge in [-0.1, -0.05) is 44.2 Å². The van der Waals surface area contributed by atoms with E-state index in [2.05, 4.69) is 16.0 Å². The van der Waals surface area contributed by atoms with Gasteiger partial charge in [-0.3, -0.25) is 52.1 Å². The number of nitriles is 1. The van der Waals surface area contributed by atoms with Gasteiger partial charge in [0, 0.05) is 36.7 Å². The Labute approximate surface area is 585 Å². The first kappa shape index (κ1) is 90.0. The number of esters is 2. The van der Waals surface area contributed by atoms with Gasteiger partial charge in [0.05, 0.1) is 37.6 Å². The smallest absolute Gasteiger partial charge is 0.455 e. The Bertz CT molecular complexity index is 3570. The first-order valence-corrected chi connectivity index (χ1v) is 33.5. The lowest BCUT2D eigenvalue weighted by Gasteiger charge is -2.35. The highest BCUT2D eigenvalue weighted by Gasteiger charge is 2.67. The van der Waals surface area contributed by atoms with Crippen LogP contribution in [0, 0.1) is 17.8 Å². The van der Waals surface area contributed by atoms with Gasteiger partial charge in [0.2, 0.25) is 27.2 Å². The summed E-state index contributed by atoms with van der Waals surface area (Å²) >= 11 is 5.99. The summed E-state index contributed by atoms with van der Waals surface area (Å²) < 4.78 is 150. The van der Waals surface area contributed by atoms with Gasteiger partial charge in [0.1, 0.15) is 35.8 Å². The van der Waals surface area contributed by atoms with Crippen LogP contribution in [0.3, 0.4) is 0 Å². The average molecular weight is 1530 g/mol. The lowest BCUT2D eigenvalue weighted by atomic mass is 9.87. The zero-order valence-electron chi connectivity index (χ0n) is 57.2. The van der Waals surface area contributed by atoms with E-state index in [1.54, 1.807) is 25.1 Å². The number of nitrogens with zero attached hydrogens (tertiary/aromatic N) is 3. The number of carbonyl (C=O) groups excluding carboxylic acids is 7. The van der Waals surface area contributed by atoms with E-state index in [1.807, 2.05) is 9.97 Å². The molecule has 2 fully saturated rings. The van der Waals surface area contributed by atoms with E-state index >= 15 is 8.78 Å². The predicted molar refractivity (Wildman–Crippen MR) is 339 cm³/mol. The second kappa shape index (κ2) is 40.7. The SMILES string of the molecule is C#N.CCC(C(=O)O[C@@H]1[C@@](CF)(COP(=O)(OCOC(=O)OC(C)C)OCOC(=O)OC(C)C)O[C@@H](n2ccc(=O)[nH]c2=O)[C@]1(C)O)C(=O)c1ccccc1.CCC(Cl)C(=O)O[C@@H]1[C@@](CF)(COP(=O)(OCOC(=O)OC(C)C)OCOC(=O)OC(C)C)O[C@@H](n2ccc(=O)[nH]c2=O)[C@]1(C)O.N. The molecular formula is C58H83ClF2N6O33P2. The molecule has 2 aliphatic heterocycles. The van der Waals surface area contributed by atoms with Crippen LogP contribution < -0.4 is 28.6 Å². The molecule has 7 N–H and O–H groups in total. The van der Waals surface area contributed by atoms with Gasteiger partial charge < -0.3 is 73.2 Å². The molecule has 10 atom stereocenters. The number of ketones is 1. The number of aliphatic hydroxyl groups is 2. The largest absolute Gasteiger partial charge is 0.510 e. The molecule has 3 aromatic rings. The summed E-state index contributed by atoms with van der Waals surface area (Å²) in [5.41, 5.74) is -13.9. The summed E-state index contributed by atoms with van der Waals surface area (Å²) in [6.45, 7) is 10.4. The highest BCUT2D eigenvalue weighted by Crippen LogP contribution is 2.55. The zero-order chi connectivity index (χ0) is 76.4. The summed E-state index contributed by atoms with van der Waals surface area (Å²) in [6, 6.07) is 9.50. The van der Waals surface area contributed by atoms with Gasteiger partial charge in [0.25, 0.3) is 11.1 Å². The van der Waals surface area contributed by atoms with E-state index in [9.17, 15) is 72.1 Å². The molecule has 0 bridgehead atoms. The summed E-state index contributed by atoms with van der Waals surface area (Å²) in [5.74, 6) is -4.47. The minimum Gasteiger partial charge on any atom is -0.455 e. The number of halogens is 3. The molecule has 2 aromatic heterocycles. The monoisotopic (exact) mass is 1530 g/mol. The molecular weight excluding hydrogens is 1440 g/mol. The third-order valence-corrected chi connectivity index (χ3v) is 16.4. The summed E-state index contributed by atoms with van der Waals surface area (Å²) in [5, 5.41) is 28.6. The summed E-state index contributed by atoms with van der Waals surface area (Å²) in [4.78, 5) is 140. The molecule has 0 spiro atoms. The number of hydrogen-bond acceptors (Lipinski definition) is 35. The molecule has 4 heterocycles. The molecule has 574 valence electrons. The number of ether oxygens (including phenoxy) is 12. The van der Waals surface area contributed by atoms with Crippen LogP contribution in [0.1, 0.15) is 119 Å². The lowest BCUT2D eigenvalue weighted by Crippen LogP contribution is -2.56. The van der Waals surface area contributed by atoms with Gasteiger partial charge in [-0.05, 0) is 82.1 Å². The second-order valence-electron chi connectivity index (χ2n) is 22.7. The van der Waals surface area contributed by atoms with Gasteiger partial charge in [-0.25, -0.2) is 70.0 Å². The lowest BCUT2D eigenvalue weighted by molar-refractivity contribution is -0.178. The molecule has 39 nitrogen and oxygen atoms in total. The van der Waals surface area contributed by atoms with Crippen molar-refractivity contribution in [2.75, 3.05) is 53.7 Å². The fourth-order valence-corrected chi connectivity index (χ4v) is 10.8. The zero-order valence-corrected chi connectivity index (χ0v) is 59.8. The van der Waals surface area contributed by atoms with Gasteiger partial charge >= 0.3 is 63.6 Å².